The highest BCUT2D eigenvalue weighted by atomic mass is 14.8. The number of unbranched alkanes of at least 4 members (excludes halogenated alkanes) is 1. The quantitative estimate of drug-likeness (QED) is 0.751. The van der Waals surface area contributed by atoms with Gasteiger partial charge in [-0.1, -0.05) is 43.3 Å². The van der Waals surface area contributed by atoms with Gasteiger partial charge in [0.1, 0.15) is 0 Å². The van der Waals surface area contributed by atoms with E-state index in [9.17, 15) is 0 Å². The van der Waals surface area contributed by atoms with Crippen LogP contribution in [0.1, 0.15) is 30.9 Å². The first-order valence-corrected chi connectivity index (χ1v) is 7.01. The fourth-order valence-electron chi connectivity index (χ4n) is 2.51. The summed E-state index contributed by atoms with van der Waals surface area (Å²) in [4.78, 5) is 0. The summed E-state index contributed by atoms with van der Waals surface area (Å²) in [7, 11) is 0. The lowest BCUT2D eigenvalue weighted by molar-refractivity contribution is 0.641. The second kappa shape index (κ2) is 6.55. The van der Waals surface area contributed by atoms with Crippen molar-refractivity contribution in [2.24, 2.45) is 0 Å². The molecule has 0 atom stereocenters. The molecule has 1 N–H and O–H groups in total. The Bertz CT molecular complexity index is 502. The highest BCUT2D eigenvalue weighted by Crippen LogP contribution is 2.23. The Hall–Kier alpha value is -1.34. The van der Waals surface area contributed by atoms with Crippen LogP contribution < -0.4 is 5.32 Å². The number of aryl methyl sites for hydroxylation is 2. The van der Waals surface area contributed by atoms with Gasteiger partial charge in [0.25, 0.3) is 0 Å². The summed E-state index contributed by atoms with van der Waals surface area (Å²) < 4.78 is 0. The largest absolute Gasteiger partial charge is 0.317 e. The molecule has 0 heterocycles. The molecule has 0 spiro atoms. The van der Waals surface area contributed by atoms with E-state index in [0.717, 1.165) is 13.1 Å². The Morgan fingerprint density at radius 3 is 2.67 bits per heavy atom. The third-order valence-corrected chi connectivity index (χ3v) is 3.56. The van der Waals surface area contributed by atoms with Crippen molar-refractivity contribution < 1.29 is 0 Å². The molecule has 18 heavy (non-hydrogen) atoms. The van der Waals surface area contributed by atoms with Crippen molar-refractivity contribution >= 4 is 10.8 Å². The predicted octanol–water partition coefficient (Wildman–Crippen LogP) is 4.08. The zero-order valence-electron chi connectivity index (χ0n) is 11.5. The van der Waals surface area contributed by atoms with Crippen LogP contribution in [-0.4, -0.2) is 13.1 Å². The first-order valence-electron chi connectivity index (χ1n) is 7.01. The van der Waals surface area contributed by atoms with Gasteiger partial charge in [-0.05, 0) is 61.2 Å². The van der Waals surface area contributed by atoms with Crippen molar-refractivity contribution in [1.82, 2.24) is 5.32 Å². The second-order valence-corrected chi connectivity index (χ2v) is 4.89. The topological polar surface area (TPSA) is 12.0 Å². The van der Waals surface area contributed by atoms with Gasteiger partial charge in [-0.15, -0.1) is 0 Å². The number of hydrogen-bond acceptors (Lipinski definition) is 1. The molecular formula is C17H23N. The summed E-state index contributed by atoms with van der Waals surface area (Å²) in [6, 6.07) is 13.2. The Morgan fingerprint density at radius 2 is 1.83 bits per heavy atom. The molecule has 1 nitrogen and oxygen atoms in total. The van der Waals surface area contributed by atoms with E-state index in [1.807, 2.05) is 0 Å². The standard InChI is InChI=1S/C17H23N/c1-3-18-13-7-6-9-16-14(2)11-12-15-8-4-5-10-17(15)16/h4-5,8,10-12,18H,3,6-7,9,13H2,1-2H3. The third kappa shape index (κ3) is 3.11. The van der Waals surface area contributed by atoms with Crippen LogP contribution in [0.15, 0.2) is 36.4 Å². The van der Waals surface area contributed by atoms with Gasteiger partial charge in [-0.2, -0.15) is 0 Å². The van der Waals surface area contributed by atoms with Crippen LogP contribution >= 0.6 is 0 Å². The summed E-state index contributed by atoms with van der Waals surface area (Å²) in [5, 5.41) is 6.18. The Morgan fingerprint density at radius 1 is 1.00 bits per heavy atom. The zero-order chi connectivity index (χ0) is 12.8. The van der Waals surface area contributed by atoms with Crippen LogP contribution in [0, 0.1) is 6.92 Å². The number of rotatable bonds is 6. The van der Waals surface area contributed by atoms with E-state index >= 15 is 0 Å². The monoisotopic (exact) mass is 241 g/mol. The minimum atomic E-state index is 1.08. The molecule has 0 aliphatic heterocycles. The lowest BCUT2D eigenvalue weighted by Crippen LogP contribution is -2.14. The van der Waals surface area contributed by atoms with E-state index in [-0.39, 0.29) is 0 Å². The molecule has 0 radical (unpaired) electrons. The maximum atomic E-state index is 3.39. The van der Waals surface area contributed by atoms with Crippen molar-refractivity contribution in [2.75, 3.05) is 13.1 Å². The van der Waals surface area contributed by atoms with Gasteiger partial charge in [0.05, 0.1) is 0 Å². The van der Waals surface area contributed by atoms with Crippen LogP contribution in [0.3, 0.4) is 0 Å². The lowest BCUT2D eigenvalue weighted by atomic mass is 9.96. The molecular weight excluding hydrogens is 218 g/mol. The molecule has 96 valence electrons. The van der Waals surface area contributed by atoms with E-state index in [4.69, 9.17) is 0 Å². The number of fused-ring (bicyclic) bond motifs is 1. The van der Waals surface area contributed by atoms with E-state index in [1.54, 1.807) is 0 Å². The molecule has 0 unspecified atom stereocenters. The molecule has 2 rings (SSSR count). The highest BCUT2D eigenvalue weighted by molar-refractivity contribution is 5.86. The van der Waals surface area contributed by atoms with Gasteiger partial charge in [0.15, 0.2) is 0 Å². The number of hydrogen-bond donors (Lipinski definition) is 1. The van der Waals surface area contributed by atoms with Gasteiger partial charge < -0.3 is 5.32 Å². The van der Waals surface area contributed by atoms with Crippen molar-refractivity contribution in [3.63, 3.8) is 0 Å². The Labute approximate surface area is 110 Å². The lowest BCUT2D eigenvalue weighted by Gasteiger charge is -2.10. The fraction of sp³-hybridized carbons (Fsp3) is 0.412. The molecule has 0 amide bonds. The van der Waals surface area contributed by atoms with Crippen LogP contribution in [0.4, 0.5) is 0 Å². The van der Waals surface area contributed by atoms with E-state index < -0.39 is 0 Å². The number of benzene rings is 2. The molecule has 0 saturated carbocycles. The fourth-order valence-corrected chi connectivity index (χ4v) is 2.51. The van der Waals surface area contributed by atoms with E-state index in [1.165, 1.54) is 41.2 Å². The summed E-state index contributed by atoms with van der Waals surface area (Å²) in [5.41, 5.74) is 2.96. The number of nitrogens with one attached hydrogen (secondary N) is 1. The molecule has 0 bridgehead atoms. The molecule has 0 saturated heterocycles. The van der Waals surface area contributed by atoms with E-state index in [2.05, 4.69) is 55.6 Å². The molecule has 0 aromatic heterocycles. The Kier molecular flexibility index (Phi) is 4.77. The van der Waals surface area contributed by atoms with Crippen LogP contribution in [0.2, 0.25) is 0 Å². The summed E-state index contributed by atoms with van der Waals surface area (Å²) in [6.45, 7) is 6.61. The smallest absolute Gasteiger partial charge is 0.00489 e. The zero-order valence-corrected chi connectivity index (χ0v) is 11.5. The van der Waals surface area contributed by atoms with E-state index in [0.29, 0.717) is 0 Å². The highest BCUT2D eigenvalue weighted by Gasteiger charge is 2.03. The van der Waals surface area contributed by atoms with Gasteiger partial charge in [0.2, 0.25) is 0 Å². The second-order valence-electron chi connectivity index (χ2n) is 4.89. The van der Waals surface area contributed by atoms with Gasteiger partial charge in [0, 0.05) is 0 Å². The van der Waals surface area contributed by atoms with Crippen molar-refractivity contribution in [1.29, 1.82) is 0 Å². The van der Waals surface area contributed by atoms with Crippen molar-refractivity contribution in [2.45, 2.75) is 33.1 Å². The van der Waals surface area contributed by atoms with Crippen LogP contribution in [0.25, 0.3) is 10.8 Å². The maximum Gasteiger partial charge on any atom is -0.00489 e. The minimum Gasteiger partial charge on any atom is -0.317 e. The molecule has 2 aromatic rings. The maximum absolute atomic E-state index is 3.39. The summed E-state index contributed by atoms with van der Waals surface area (Å²) >= 11 is 0. The van der Waals surface area contributed by atoms with Crippen molar-refractivity contribution in [3.8, 4) is 0 Å². The molecule has 0 aliphatic carbocycles. The van der Waals surface area contributed by atoms with Crippen LogP contribution in [0.5, 0.6) is 0 Å². The van der Waals surface area contributed by atoms with Gasteiger partial charge in [-0.3, -0.25) is 0 Å². The SMILES string of the molecule is CCNCCCCc1c(C)ccc2ccccc12. The summed E-state index contributed by atoms with van der Waals surface area (Å²) in [6.07, 6.45) is 3.72. The van der Waals surface area contributed by atoms with Gasteiger partial charge in [-0.25, -0.2) is 0 Å². The third-order valence-electron chi connectivity index (χ3n) is 3.56. The van der Waals surface area contributed by atoms with Crippen molar-refractivity contribution in [3.05, 3.63) is 47.5 Å². The first-order chi connectivity index (χ1) is 8.83. The average Bonchev–Trinajstić information content (AvgIpc) is 2.41. The van der Waals surface area contributed by atoms with Gasteiger partial charge >= 0.3 is 0 Å². The molecule has 0 aliphatic rings. The first kappa shape index (κ1) is 13.1. The Balaban J connectivity index is 2.09. The predicted molar refractivity (Wildman–Crippen MR) is 80.2 cm³/mol. The van der Waals surface area contributed by atoms with Crippen LogP contribution in [-0.2, 0) is 6.42 Å². The molecule has 2 aromatic carbocycles. The molecule has 0 fully saturated rings. The molecule has 1 heteroatoms. The minimum absolute atomic E-state index is 1.08. The summed E-state index contributed by atoms with van der Waals surface area (Å²) in [5.74, 6) is 0. The normalized spacial score (nSPS) is 11.0. The average molecular weight is 241 g/mol.